The number of hydrogen-bond acceptors (Lipinski definition) is 3. The summed E-state index contributed by atoms with van der Waals surface area (Å²) in [4.78, 5) is 13.8. The Hall–Kier alpha value is -2.22. The first-order valence-electron chi connectivity index (χ1n) is 6.82. The molecule has 0 fully saturated rings. The molecule has 0 atom stereocenters. The molecule has 126 valence electrons. The average molecular weight is 402 g/mol. The first kappa shape index (κ1) is 16.6. The standard InChI is InChI=1S/C16H11BrF3NO3/c1-21(10-3-5-13-14(7-10)24-8-23-13)15(22)9-2-4-11(12(17)6-9)16(18,19)20/h2-7H,8H2,1H3. The van der Waals surface area contributed by atoms with Crippen LogP contribution in [0.3, 0.4) is 0 Å². The number of fused-ring (bicyclic) bond motifs is 1. The normalized spacial score (nSPS) is 13.0. The number of anilines is 1. The minimum absolute atomic E-state index is 0.113. The van der Waals surface area contributed by atoms with Gasteiger partial charge in [-0.3, -0.25) is 4.79 Å². The van der Waals surface area contributed by atoms with Crippen molar-refractivity contribution in [2.24, 2.45) is 0 Å². The molecule has 0 bridgehead atoms. The summed E-state index contributed by atoms with van der Waals surface area (Å²) in [5.41, 5.74) is -0.153. The highest BCUT2D eigenvalue weighted by Crippen LogP contribution is 2.37. The fourth-order valence-electron chi connectivity index (χ4n) is 2.28. The van der Waals surface area contributed by atoms with Crippen molar-refractivity contribution in [2.45, 2.75) is 6.18 Å². The van der Waals surface area contributed by atoms with Crippen LogP contribution < -0.4 is 14.4 Å². The number of halogens is 4. The Bertz CT molecular complexity index is 808. The van der Waals surface area contributed by atoms with Gasteiger partial charge in [-0.1, -0.05) is 15.9 Å². The maximum Gasteiger partial charge on any atom is 0.417 e. The third-order valence-corrected chi connectivity index (χ3v) is 4.23. The fraction of sp³-hybridized carbons (Fsp3) is 0.188. The van der Waals surface area contributed by atoms with Gasteiger partial charge in [-0.25, -0.2) is 0 Å². The maximum atomic E-state index is 12.8. The molecule has 24 heavy (non-hydrogen) atoms. The molecular weight excluding hydrogens is 391 g/mol. The van der Waals surface area contributed by atoms with E-state index >= 15 is 0 Å². The van der Waals surface area contributed by atoms with Gasteiger partial charge in [-0.05, 0) is 30.3 Å². The van der Waals surface area contributed by atoms with Gasteiger partial charge in [0.2, 0.25) is 6.79 Å². The van der Waals surface area contributed by atoms with Crippen LogP contribution in [0.2, 0.25) is 0 Å². The molecule has 1 aliphatic rings. The van der Waals surface area contributed by atoms with Gasteiger partial charge >= 0.3 is 6.18 Å². The minimum Gasteiger partial charge on any atom is -0.454 e. The number of nitrogens with zero attached hydrogens (tertiary/aromatic N) is 1. The van der Waals surface area contributed by atoms with Crippen molar-refractivity contribution in [2.75, 3.05) is 18.7 Å². The summed E-state index contributed by atoms with van der Waals surface area (Å²) in [5, 5.41) is 0. The molecule has 0 aromatic heterocycles. The Labute approximate surface area is 143 Å². The SMILES string of the molecule is CN(C(=O)c1ccc(C(F)(F)F)c(Br)c1)c1ccc2c(c1)OCO2. The summed E-state index contributed by atoms with van der Waals surface area (Å²) < 4.78 is 48.6. The third kappa shape index (κ3) is 3.06. The van der Waals surface area contributed by atoms with Crippen molar-refractivity contribution >= 4 is 27.5 Å². The van der Waals surface area contributed by atoms with E-state index in [9.17, 15) is 18.0 Å². The molecule has 2 aromatic rings. The van der Waals surface area contributed by atoms with Crippen LogP contribution in [0.15, 0.2) is 40.9 Å². The van der Waals surface area contributed by atoms with Gasteiger partial charge < -0.3 is 14.4 Å². The lowest BCUT2D eigenvalue weighted by atomic mass is 10.1. The molecule has 3 rings (SSSR count). The molecule has 8 heteroatoms. The van der Waals surface area contributed by atoms with E-state index in [0.717, 1.165) is 18.2 Å². The summed E-state index contributed by atoms with van der Waals surface area (Å²) in [6.07, 6.45) is -4.48. The molecule has 1 aliphatic heterocycles. The van der Waals surface area contributed by atoms with E-state index in [0.29, 0.717) is 17.2 Å². The van der Waals surface area contributed by atoms with Crippen LogP contribution in [0.5, 0.6) is 11.5 Å². The van der Waals surface area contributed by atoms with E-state index in [2.05, 4.69) is 15.9 Å². The van der Waals surface area contributed by atoms with Crippen molar-refractivity contribution in [3.8, 4) is 11.5 Å². The maximum absolute atomic E-state index is 12.8. The molecular formula is C16H11BrF3NO3. The fourth-order valence-corrected chi connectivity index (χ4v) is 2.89. The lowest BCUT2D eigenvalue weighted by molar-refractivity contribution is -0.138. The molecule has 0 saturated carbocycles. The first-order chi connectivity index (χ1) is 11.3. The van der Waals surface area contributed by atoms with Crippen LogP contribution in [-0.4, -0.2) is 19.7 Å². The number of ether oxygens (including phenoxy) is 2. The van der Waals surface area contributed by atoms with Gasteiger partial charge in [0.1, 0.15) is 0 Å². The van der Waals surface area contributed by atoms with Crippen molar-refractivity contribution in [3.05, 3.63) is 52.0 Å². The zero-order valence-corrected chi connectivity index (χ0v) is 13.9. The van der Waals surface area contributed by atoms with Crippen molar-refractivity contribution in [1.82, 2.24) is 0 Å². The summed E-state index contributed by atoms with van der Waals surface area (Å²) in [6, 6.07) is 8.17. The Morgan fingerprint density at radius 1 is 1.12 bits per heavy atom. The zero-order valence-electron chi connectivity index (χ0n) is 12.4. The molecule has 1 heterocycles. The largest absolute Gasteiger partial charge is 0.454 e. The molecule has 0 aliphatic carbocycles. The lowest BCUT2D eigenvalue weighted by Crippen LogP contribution is -2.26. The second-order valence-electron chi connectivity index (χ2n) is 5.09. The Kier molecular flexibility index (Phi) is 4.16. The number of carbonyl (C=O) groups is 1. The van der Waals surface area contributed by atoms with Crippen molar-refractivity contribution in [1.29, 1.82) is 0 Å². The van der Waals surface area contributed by atoms with Crippen LogP contribution in [0.4, 0.5) is 18.9 Å². The van der Waals surface area contributed by atoms with Gasteiger partial charge in [0.25, 0.3) is 5.91 Å². The number of benzene rings is 2. The third-order valence-electron chi connectivity index (χ3n) is 3.57. The van der Waals surface area contributed by atoms with Gasteiger partial charge in [0.15, 0.2) is 11.5 Å². The number of alkyl halides is 3. The monoisotopic (exact) mass is 401 g/mol. The molecule has 2 aromatic carbocycles. The number of amides is 1. The van der Waals surface area contributed by atoms with E-state index in [1.165, 1.54) is 11.9 Å². The van der Waals surface area contributed by atoms with Crippen LogP contribution in [-0.2, 0) is 6.18 Å². The predicted molar refractivity (Wildman–Crippen MR) is 84.4 cm³/mol. The summed E-state index contributed by atoms with van der Waals surface area (Å²) in [7, 11) is 1.53. The van der Waals surface area contributed by atoms with E-state index in [1.54, 1.807) is 18.2 Å². The Morgan fingerprint density at radius 2 is 1.83 bits per heavy atom. The quantitative estimate of drug-likeness (QED) is 0.744. The molecule has 1 amide bonds. The summed E-state index contributed by atoms with van der Waals surface area (Å²) in [5.74, 6) is 0.654. The second-order valence-corrected chi connectivity index (χ2v) is 5.95. The molecule has 0 radical (unpaired) electrons. The van der Waals surface area contributed by atoms with E-state index in [4.69, 9.17) is 9.47 Å². The van der Waals surface area contributed by atoms with Gasteiger partial charge in [-0.15, -0.1) is 0 Å². The highest BCUT2D eigenvalue weighted by molar-refractivity contribution is 9.10. The summed E-state index contributed by atoms with van der Waals surface area (Å²) >= 11 is 2.87. The Morgan fingerprint density at radius 3 is 2.50 bits per heavy atom. The number of rotatable bonds is 2. The van der Waals surface area contributed by atoms with Crippen LogP contribution >= 0.6 is 15.9 Å². The van der Waals surface area contributed by atoms with E-state index in [-0.39, 0.29) is 16.8 Å². The number of hydrogen-bond donors (Lipinski definition) is 0. The van der Waals surface area contributed by atoms with Crippen molar-refractivity contribution < 1.29 is 27.4 Å². The Balaban J connectivity index is 1.87. The lowest BCUT2D eigenvalue weighted by Gasteiger charge is -2.18. The van der Waals surface area contributed by atoms with Gasteiger partial charge in [0.05, 0.1) is 5.56 Å². The number of carbonyl (C=O) groups excluding carboxylic acids is 1. The van der Waals surface area contributed by atoms with E-state index < -0.39 is 17.6 Å². The molecule has 0 unspecified atom stereocenters. The topological polar surface area (TPSA) is 38.8 Å². The van der Waals surface area contributed by atoms with Crippen LogP contribution in [0, 0.1) is 0 Å². The summed E-state index contributed by atoms with van der Waals surface area (Å²) in [6.45, 7) is 0.113. The van der Waals surface area contributed by atoms with Crippen LogP contribution in [0.25, 0.3) is 0 Å². The molecule has 4 nitrogen and oxygen atoms in total. The van der Waals surface area contributed by atoms with E-state index in [1.807, 2.05) is 0 Å². The highest BCUT2D eigenvalue weighted by atomic mass is 79.9. The average Bonchev–Trinajstić information content (AvgIpc) is 2.99. The smallest absolute Gasteiger partial charge is 0.417 e. The predicted octanol–water partition coefficient (Wildman–Crippen LogP) is 4.47. The second kappa shape index (κ2) is 6.01. The molecule has 0 spiro atoms. The van der Waals surface area contributed by atoms with Gasteiger partial charge in [-0.2, -0.15) is 13.2 Å². The minimum atomic E-state index is -4.48. The zero-order chi connectivity index (χ0) is 17.5. The highest BCUT2D eigenvalue weighted by Gasteiger charge is 2.33. The van der Waals surface area contributed by atoms with Crippen LogP contribution in [0.1, 0.15) is 15.9 Å². The van der Waals surface area contributed by atoms with Gasteiger partial charge in [0, 0.05) is 28.8 Å². The molecule has 0 saturated heterocycles. The van der Waals surface area contributed by atoms with Crippen molar-refractivity contribution in [3.63, 3.8) is 0 Å². The molecule has 0 N–H and O–H groups in total. The first-order valence-corrected chi connectivity index (χ1v) is 7.61.